The van der Waals surface area contributed by atoms with E-state index in [1.54, 1.807) is 6.20 Å². The number of nitrogens with zero attached hydrogens (tertiary/aromatic N) is 3. The van der Waals surface area contributed by atoms with E-state index in [9.17, 15) is 21.6 Å². The van der Waals surface area contributed by atoms with Crippen molar-refractivity contribution < 1.29 is 21.6 Å². The van der Waals surface area contributed by atoms with Crippen LogP contribution in [0.4, 0.5) is 13.2 Å². The molecule has 1 aromatic heterocycles. The largest absolute Gasteiger partial charge is 0.326 e. The number of nitrogens with two attached hydrogens (primary N) is 1. The molecule has 2 aliphatic heterocycles. The van der Waals surface area contributed by atoms with Gasteiger partial charge in [-0.15, -0.1) is 0 Å². The predicted molar refractivity (Wildman–Crippen MR) is 102 cm³/mol. The number of benzene rings is 1. The molecule has 30 heavy (non-hydrogen) atoms. The van der Waals surface area contributed by atoms with Crippen molar-refractivity contribution in [3.05, 3.63) is 52.6 Å². The summed E-state index contributed by atoms with van der Waals surface area (Å²) < 4.78 is 67.1. The number of nitrogens with one attached hydrogen (secondary N) is 1. The van der Waals surface area contributed by atoms with E-state index in [1.807, 2.05) is 0 Å². The second kappa shape index (κ2) is 7.04. The molecule has 0 bridgehead atoms. The molecule has 1 saturated heterocycles. The number of fused-ring (bicyclic) bond motifs is 1. The summed E-state index contributed by atoms with van der Waals surface area (Å²) in [5.74, 6) is -3.16. The van der Waals surface area contributed by atoms with E-state index in [0.717, 1.165) is 21.4 Å². The third-order valence-corrected chi connectivity index (χ3v) is 8.23. The summed E-state index contributed by atoms with van der Waals surface area (Å²) in [6.07, 6.45) is 3.45. The summed E-state index contributed by atoms with van der Waals surface area (Å²) in [7, 11) is -3.39. The fraction of sp³-hybridized carbons (Fsp3) is 0.526. The van der Waals surface area contributed by atoms with Crippen LogP contribution < -0.4 is 11.1 Å². The van der Waals surface area contributed by atoms with Crippen molar-refractivity contribution in [2.45, 2.75) is 55.7 Å². The Morgan fingerprint density at radius 2 is 1.93 bits per heavy atom. The van der Waals surface area contributed by atoms with E-state index in [0.29, 0.717) is 45.0 Å². The van der Waals surface area contributed by atoms with Crippen LogP contribution in [0.5, 0.6) is 0 Å². The molecule has 7 nitrogen and oxygen atoms in total. The minimum absolute atomic E-state index is 0.0143. The standard InChI is InChI=1S/C19H22F3N5O2S/c20-11-3-14(18(22)15(21)4-11)19-16(23)5-12(6-24-19)26-7-10-8-27(25-17(10)9-26)30(28,29)13-1-2-13/h3-4,8,12-13,16,19,24H,1-2,5-7,9,23H2/t12-,16+,19-/m1/s1. The second-order valence-corrected chi connectivity index (χ2v) is 10.4. The van der Waals surface area contributed by atoms with Crippen LogP contribution >= 0.6 is 0 Å². The highest BCUT2D eigenvalue weighted by atomic mass is 32.2. The van der Waals surface area contributed by atoms with Crippen molar-refractivity contribution in [2.75, 3.05) is 6.54 Å². The first-order valence-electron chi connectivity index (χ1n) is 9.93. The van der Waals surface area contributed by atoms with E-state index >= 15 is 0 Å². The van der Waals surface area contributed by atoms with Crippen LogP contribution in [0, 0.1) is 17.5 Å². The van der Waals surface area contributed by atoms with Crippen LogP contribution in [-0.2, 0) is 23.1 Å². The van der Waals surface area contributed by atoms with Gasteiger partial charge in [-0.2, -0.15) is 9.19 Å². The Morgan fingerprint density at radius 1 is 1.17 bits per heavy atom. The lowest BCUT2D eigenvalue weighted by molar-refractivity contribution is 0.137. The SMILES string of the molecule is N[C@H]1C[C@@H](N2Cc3cn(S(=O)(=O)C4CC4)nc3C2)CN[C@@H]1c1cc(F)cc(F)c1F. The molecule has 5 rings (SSSR count). The number of rotatable bonds is 4. The Morgan fingerprint density at radius 3 is 2.60 bits per heavy atom. The Hall–Kier alpha value is -1.95. The van der Waals surface area contributed by atoms with Gasteiger partial charge in [0.25, 0.3) is 10.0 Å². The van der Waals surface area contributed by atoms with Crippen LogP contribution in [0.2, 0.25) is 0 Å². The van der Waals surface area contributed by atoms with Gasteiger partial charge >= 0.3 is 0 Å². The van der Waals surface area contributed by atoms with Gasteiger partial charge in [-0.1, -0.05) is 0 Å². The zero-order chi connectivity index (χ0) is 21.2. The van der Waals surface area contributed by atoms with Gasteiger partial charge in [-0.25, -0.2) is 21.6 Å². The maximum absolute atomic E-state index is 14.2. The number of hydrogen-bond donors (Lipinski definition) is 2. The summed E-state index contributed by atoms with van der Waals surface area (Å²) in [6, 6.07) is 0.276. The van der Waals surface area contributed by atoms with Crippen LogP contribution in [0.15, 0.2) is 18.3 Å². The number of piperidine rings is 1. The molecule has 11 heteroatoms. The molecule has 3 N–H and O–H groups in total. The molecule has 1 aliphatic carbocycles. The molecule has 1 aromatic carbocycles. The van der Waals surface area contributed by atoms with E-state index in [4.69, 9.17) is 5.73 Å². The van der Waals surface area contributed by atoms with Crippen molar-refractivity contribution >= 4 is 10.0 Å². The van der Waals surface area contributed by atoms with Crippen LogP contribution in [0.1, 0.15) is 42.1 Å². The van der Waals surface area contributed by atoms with E-state index in [-0.39, 0.29) is 16.9 Å². The highest BCUT2D eigenvalue weighted by Gasteiger charge is 2.40. The first-order chi connectivity index (χ1) is 14.2. The highest BCUT2D eigenvalue weighted by molar-refractivity contribution is 7.90. The Bertz CT molecular complexity index is 1080. The molecule has 0 unspecified atom stereocenters. The Balaban J connectivity index is 1.27. The molecular formula is C19H22F3N5O2S. The summed E-state index contributed by atoms with van der Waals surface area (Å²) in [6.45, 7) is 1.50. The van der Waals surface area contributed by atoms with Crippen molar-refractivity contribution in [3.8, 4) is 0 Å². The molecule has 3 heterocycles. The minimum Gasteiger partial charge on any atom is -0.326 e. The van der Waals surface area contributed by atoms with Gasteiger partial charge in [0, 0.05) is 55.1 Å². The first-order valence-corrected chi connectivity index (χ1v) is 11.4. The van der Waals surface area contributed by atoms with Crippen molar-refractivity contribution in [2.24, 2.45) is 5.73 Å². The van der Waals surface area contributed by atoms with Crippen molar-refractivity contribution in [1.29, 1.82) is 0 Å². The molecule has 3 aliphatic rings. The monoisotopic (exact) mass is 441 g/mol. The third kappa shape index (κ3) is 3.33. The summed E-state index contributed by atoms with van der Waals surface area (Å²) in [5.41, 5.74) is 7.73. The molecular weight excluding hydrogens is 419 g/mol. The average Bonchev–Trinajstić information content (AvgIpc) is 3.36. The van der Waals surface area contributed by atoms with Gasteiger partial charge in [0.2, 0.25) is 0 Å². The van der Waals surface area contributed by atoms with Crippen molar-refractivity contribution in [1.82, 2.24) is 19.4 Å². The van der Waals surface area contributed by atoms with Gasteiger partial charge in [0.1, 0.15) is 5.82 Å². The van der Waals surface area contributed by atoms with Crippen LogP contribution in [0.3, 0.4) is 0 Å². The molecule has 0 radical (unpaired) electrons. The predicted octanol–water partition coefficient (Wildman–Crippen LogP) is 1.39. The van der Waals surface area contributed by atoms with Crippen LogP contribution in [-0.4, -0.2) is 46.4 Å². The highest BCUT2D eigenvalue weighted by Crippen LogP contribution is 2.33. The number of halogens is 3. The molecule has 0 spiro atoms. The van der Waals surface area contributed by atoms with Gasteiger partial charge in [0.15, 0.2) is 11.6 Å². The third-order valence-electron chi connectivity index (χ3n) is 6.21. The summed E-state index contributed by atoms with van der Waals surface area (Å²) in [5, 5.41) is 7.09. The summed E-state index contributed by atoms with van der Waals surface area (Å²) >= 11 is 0. The Labute approximate surface area is 172 Å². The Kier molecular flexibility index (Phi) is 4.69. The maximum Gasteiger partial charge on any atom is 0.256 e. The lowest BCUT2D eigenvalue weighted by Gasteiger charge is -2.39. The van der Waals surface area contributed by atoms with Crippen molar-refractivity contribution in [3.63, 3.8) is 0 Å². The van der Waals surface area contributed by atoms with E-state index < -0.39 is 39.6 Å². The second-order valence-electron chi connectivity index (χ2n) is 8.35. The summed E-state index contributed by atoms with van der Waals surface area (Å²) in [4.78, 5) is 2.14. The molecule has 1 saturated carbocycles. The van der Waals surface area contributed by atoms with Gasteiger partial charge in [-0.05, 0) is 25.3 Å². The lowest BCUT2D eigenvalue weighted by atomic mass is 9.89. The smallest absolute Gasteiger partial charge is 0.256 e. The minimum atomic E-state index is -3.39. The van der Waals surface area contributed by atoms with E-state index in [1.165, 1.54) is 0 Å². The molecule has 2 aromatic rings. The fourth-order valence-electron chi connectivity index (χ4n) is 4.43. The molecule has 2 fully saturated rings. The average molecular weight is 441 g/mol. The zero-order valence-corrected chi connectivity index (χ0v) is 16.9. The lowest BCUT2D eigenvalue weighted by Crippen LogP contribution is -2.54. The first kappa shape index (κ1) is 20.0. The molecule has 0 amide bonds. The zero-order valence-electron chi connectivity index (χ0n) is 16.1. The van der Waals surface area contributed by atoms with Crippen LogP contribution in [0.25, 0.3) is 0 Å². The maximum atomic E-state index is 14.2. The number of aromatic nitrogens is 2. The number of hydrogen-bond acceptors (Lipinski definition) is 6. The fourth-order valence-corrected chi connectivity index (χ4v) is 5.95. The molecule has 162 valence electrons. The van der Waals surface area contributed by atoms with Gasteiger partial charge in [-0.3, -0.25) is 4.90 Å². The molecule has 3 atom stereocenters. The van der Waals surface area contributed by atoms with Gasteiger partial charge in [0.05, 0.1) is 17.0 Å². The van der Waals surface area contributed by atoms with Gasteiger partial charge < -0.3 is 11.1 Å². The normalized spacial score (nSPS) is 27.4. The van der Waals surface area contributed by atoms with E-state index in [2.05, 4.69) is 15.3 Å². The topological polar surface area (TPSA) is 93.2 Å². The quantitative estimate of drug-likeness (QED) is 0.697.